The van der Waals surface area contributed by atoms with E-state index in [1.807, 2.05) is 18.2 Å². The number of aromatic nitrogens is 1. The molecule has 0 fully saturated rings. The molecule has 0 unspecified atom stereocenters. The highest BCUT2D eigenvalue weighted by Gasteiger charge is 2.17. The van der Waals surface area contributed by atoms with Crippen molar-refractivity contribution in [3.63, 3.8) is 0 Å². The first-order chi connectivity index (χ1) is 12.8. The number of ether oxygens (including phenoxy) is 1. The summed E-state index contributed by atoms with van der Waals surface area (Å²) in [4.78, 5) is 4.76. The Hall–Kier alpha value is -2.85. The molecule has 0 saturated carbocycles. The van der Waals surface area contributed by atoms with Crippen molar-refractivity contribution in [1.82, 2.24) is 9.88 Å². The van der Waals surface area contributed by atoms with Gasteiger partial charge in [-0.15, -0.1) is 0 Å². The van der Waals surface area contributed by atoms with Crippen molar-refractivity contribution >= 4 is 5.71 Å². The van der Waals surface area contributed by atoms with Crippen molar-refractivity contribution < 1.29 is 4.74 Å². The van der Waals surface area contributed by atoms with E-state index in [1.165, 1.54) is 22.5 Å². The number of hydrogen-bond acceptors (Lipinski definition) is 3. The lowest BCUT2D eigenvalue weighted by Crippen LogP contribution is -2.23. The predicted molar refractivity (Wildman–Crippen MR) is 105 cm³/mol. The molecular weight excluding hydrogens is 322 g/mol. The standard InChI is InChI=1S/C22H23N3O/c1-26-20-10-7-17(8-11-20)15-23-16-19-9-12-21-22(24-13-14-25(19)21)18-5-3-2-4-6-18/h2-12,23H,13-16H2,1H3. The molecule has 1 aromatic heterocycles. The highest BCUT2D eigenvalue weighted by Crippen LogP contribution is 2.19. The number of rotatable bonds is 6. The molecule has 26 heavy (non-hydrogen) atoms. The Balaban J connectivity index is 1.44. The topological polar surface area (TPSA) is 38.5 Å². The highest BCUT2D eigenvalue weighted by atomic mass is 16.5. The second-order valence-electron chi connectivity index (χ2n) is 6.41. The average molecular weight is 345 g/mol. The lowest BCUT2D eigenvalue weighted by molar-refractivity contribution is 0.414. The van der Waals surface area contributed by atoms with Crippen LogP contribution in [0.25, 0.3) is 0 Å². The van der Waals surface area contributed by atoms with Gasteiger partial charge in [0.1, 0.15) is 5.75 Å². The highest BCUT2D eigenvalue weighted by molar-refractivity contribution is 6.12. The summed E-state index contributed by atoms with van der Waals surface area (Å²) in [6.45, 7) is 3.45. The van der Waals surface area contributed by atoms with Crippen molar-refractivity contribution in [2.75, 3.05) is 13.7 Å². The van der Waals surface area contributed by atoms with Gasteiger partial charge in [0.2, 0.25) is 0 Å². The third-order valence-electron chi connectivity index (χ3n) is 4.75. The molecule has 4 nitrogen and oxygen atoms in total. The molecule has 0 atom stereocenters. The second kappa shape index (κ2) is 7.58. The summed E-state index contributed by atoms with van der Waals surface area (Å²) in [5, 5.41) is 3.54. The van der Waals surface area contributed by atoms with Gasteiger partial charge in [0.25, 0.3) is 0 Å². The molecule has 0 bridgehead atoms. The summed E-state index contributed by atoms with van der Waals surface area (Å²) < 4.78 is 7.59. The van der Waals surface area contributed by atoms with Crippen molar-refractivity contribution in [3.05, 3.63) is 89.2 Å². The van der Waals surface area contributed by atoms with Crippen LogP contribution in [0.15, 0.2) is 71.7 Å². The van der Waals surface area contributed by atoms with E-state index in [1.54, 1.807) is 7.11 Å². The first kappa shape index (κ1) is 16.6. The SMILES string of the molecule is COc1ccc(CNCc2ccc3n2CCN=C3c2ccccc2)cc1. The van der Waals surface area contributed by atoms with E-state index in [2.05, 4.69) is 58.4 Å². The largest absolute Gasteiger partial charge is 0.497 e. The summed E-state index contributed by atoms with van der Waals surface area (Å²) in [6, 6.07) is 23.0. The third-order valence-corrected chi connectivity index (χ3v) is 4.75. The Morgan fingerprint density at radius 1 is 0.962 bits per heavy atom. The zero-order valence-electron chi connectivity index (χ0n) is 15.0. The van der Waals surface area contributed by atoms with E-state index in [0.29, 0.717) is 0 Å². The minimum Gasteiger partial charge on any atom is -0.497 e. The molecule has 2 heterocycles. The predicted octanol–water partition coefficient (Wildman–Crippen LogP) is 3.64. The van der Waals surface area contributed by atoms with Gasteiger partial charge >= 0.3 is 0 Å². The molecule has 132 valence electrons. The van der Waals surface area contributed by atoms with Gasteiger partial charge in [-0.3, -0.25) is 4.99 Å². The summed E-state index contributed by atoms with van der Waals surface area (Å²) in [5.74, 6) is 0.891. The fourth-order valence-electron chi connectivity index (χ4n) is 3.39. The Bertz CT molecular complexity index is 895. The van der Waals surface area contributed by atoms with Crippen LogP contribution in [-0.2, 0) is 19.6 Å². The monoisotopic (exact) mass is 345 g/mol. The minimum atomic E-state index is 0.831. The van der Waals surface area contributed by atoms with Gasteiger partial charge < -0.3 is 14.6 Å². The van der Waals surface area contributed by atoms with E-state index in [-0.39, 0.29) is 0 Å². The van der Waals surface area contributed by atoms with E-state index in [0.717, 1.165) is 37.6 Å². The Labute approximate surface area is 154 Å². The fourth-order valence-corrected chi connectivity index (χ4v) is 3.39. The second-order valence-corrected chi connectivity index (χ2v) is 6.41. The fraction of sp³-hybridized carbons (Fsp3) is 0.227. The van der Waals surface area contributed by atoms with Crippen LogP contribution >= 0.6 is 0 Å². The Morgan fingerprint density at radius 2 is 1.77 bits per heavy atom. The van der Waals surface area contributed by atoms with Gasteiger partial charge in [-0.05, 0) is 29.8 Å². The van der Waals surface area contributed by atoms with Gasteiger partial charge in [0.05, 0.1) is 25.1 Å². The molecule has 1 aliphatic rings. The van der Waals surface area contributed by atoms with Crippen LogP contribution in [0.4, 0.5) is 0 Å². The van der Waals surface area contributed by atoms with E-state index >= 15 is 0 Å². The third kappa shape index (κ3) is 3.41. The molecule has 0 aliphatic carbocycles. The summed E-state index contributed by atoms with van der Waals surface area (Å²) in [6.07, 6.45) is 0. The molecular formula is C22H23N3O. The van der Waals surface area contributed by atoms with Crippen LogP contribution in [0.1, 0.15) is 22.5 Å². The van der Waals surface area contributed by atoms with E-state index in [9.17, 15) is 0 Å². The van der Waals surface area contributed by atoms with Gasteiger partial charge in [-0.2, -0.15) is 0 Å². The molecule has 0 amide bonds. The molecule has 3 aromatic rings. The molecule has 4 heteroatoms. The first-order valence-corrected chi connectivity index (χ1v) is 8.97. The number of aliphatic imine (C=N–C) groups is 1. The lowest BCUT2D eigenvalue weighted by Gasteiger charge is -2.19. The van der Waals surface area contributed by atoms with Crippen molar-refractivity contribution in [1.29, 1.82) is 0 Å². The molecule has 4 rings (SSSR count). The van der Waals surface area contributed by atoms with Crippen LogP contribution in [0.5, 0.6) is 5.75 Å². The van der Waals surface area contributed by atoms with Crippen LogP contribution in [0.3, 0.4) is 0 Å². The molecule has 0 saturated heterocycles. The van der Waals surface area contributed by atoms with E-state index in [4.69, 9.17) is 9.73 Å². The maximum absolute atomic E-state index is 5.21. The number of nitrogens with one attached hydrogen (secondary N) is 1. The maximum Gasteiger partial charge on any atom is 0.118 e. The van der Waals surface area contributed by atoms with Crippen molar-refractivity contribution in [3.8, 4) is 5.75 Å². The molecule has 2 aromatic carbocycles. The maximum atomic E-state index is 5.21. The zero-order valence-corrected chi connectivity index (χ0v) is 15.0. The average Bonchev–Trinajstić information content (AvgIpc) is 3.12. The molecule has 1 N–H and O–H groups in total. The quantitative estimate of drug-likeness (QED) is 0.741. The number of nitrogens with zero attached hydrogens (tertiary/aromatic N) is 2. The van der Waals surface area contributed by atoms with Gasteiger partial charge in [-0.1, -0.05) is 42.5 Å². The zero-order chi connectivity index (χ0) is 17.8. The van der Waals surface area contributed by atoms with Crippen LogP contribution in [-0.4, -0.2) is 23.9 Å². The summed E-state index contributed by atoms with van der Waals surface area (Å²) >= 11 is 0. The normalized spacial score (nSPS) is 13.2. The van der Waals surface area contributed by atoms with Crippen molar-refractivity contribution in [2.45, 2.75) is 19.6 Å². The van der Waals surface area contributed by atoms with E-state index < -0.39 is 0 Å². The van der Waals surface area contributed by atoms with Gasteiger partial charge in [0, 0.05) is 30.9 Å². The Morgan fingerprint density at radius 3 is 2.54 bits per heavy atom. The smallest absolute Gasteiger partial charge is 0.118 e. The minimum absolute atomic E-state index is 0.831. The Kier molecular flexibility index (Phi) is 4.84. The van der Waals surface area contributed by atoms with Crippen LogP contribution in [0.2, 0.25) is 0 Å². The summed E-state index contributed by atoms with van der Waals surface area (Å²) in [7, 11) is 1.69. The molecule has 1 aliphatic heterocycles. The molecule has 0 spiro atoms. The number of methoxy groups -OCH3 is 1. The van der Waals surface area contributed by atoms with Gasteiger partial charge in [-0.25, -0.2) is 0 Å². The lowest BCUT2D eigenvalue weighted by atomic mass is 10.1. The number of benzene rings is 2. The number of fused-ring (bicyclic) bond motifs is 1. The van der Waals surface area contributed by atoms with Crippen LogP contribution < -0.4 is 10.1 Å². The number of hydrogen-bond donors (Lipinski definition) is 1. The molecule has 0 radical (unpaired) electrons. The first-order valence-electron chi connectivity index (χ1n) is 8.97. The van der Waals surface area contributed by atoms with Crippen LogP contribution in [0, 0.1) is 0 Å². The van der Waals surface area contributed by atoms with Crippen molar-refractivity contribution in [2.24, 2.45) is 4.99 Å². The van der Waals surface area contributed by atoms with Gasteiger partial charge in [0.15, 0.2) is 0 Å². The summed E-state index contributed by atoms with van der Waals surface area (Å²) in [5.41, 5.74) is 6.05.